The Bertz CT molecular complexity index is 1290. The summed E-state index contributed by atoms with van der Waals surface area (Å²) in [5.74, 6) is -3.24. The molecule has 1 unspecified atom stereocenters. The van der Waals surface area contributed by atoms with Gasteiger partial charge in [-0.2, -0.15) is 0 Å². The van der Waals surface area contributed by atoms with Crippen molar-refractivity contribution < 1.29 is 62.5 Å². The molecule has 14 nitrogen and oxygen atoms in total. The maximum absolute atomic E-state index is 12.8. The maximum Gasteiger partial charge on any atom is 0.472 e. The van der Waals surface area contributed by atoms with Crippen LogP contribution in [0.3, 0.4) is 0 Å². The van der Waals surface area contributed by atoms with Gasteiger partial charge in [-0.05, 0) is 57.3 Å². The molecule has 61 heavy (non-hydrogen) atoms. The number of carboxylic acids is 1. The number of phosphoric ester groups is 1. The van der Waals surface area contributed by atoms with E-state index in [9.17, 15) is 38.8 Å². The predicted octanol–water partition coefficient (Wildman–Crippen LogP) is 9.21. The molecular formula is C46H82NO13P. The van der Waals surface area contributed by atoms with Crippen LogP contribution in [0.5, 0.6) is 0 Å². The highest BCUT2D eigenvalue weighted by Gasteiger charge is 2.39. The topological polar surface area (TPSA) is 229 Å². The number of carbonyl (C=O) groups excluding carboxylic acids is 3. The van der Waals surface area contributed by atoms with Gasteiger partial charge >= 0.3 is 25.7 Å². The van der Waals surface area contributed by atoms with Crippen molar-refractivity contribution in [1.29, 1.82) is 0 Å². The van der Waals surface area contributed by atoms with Crippen LogP contribution in [0.1, 0.15) is 187 Å². The SMILES string of the molecule is CCCCCCCC/C=C\CCCCCCCCCC(=O)OC[C@H](COP(=O)(O)OC[C@H](N)C(=O)O)OC(=O)CCCCCC[C@H]1[C@@H](O)CC(=O)[C@@H]1/C=C/[C@@H](O)CCCCC. The molecule has 0 aromatic rings. The number of allylic oxidation sites excluding steroid dienone is 3. The lowest BCUT2D eigenvalue weighted by Gasteiger charge is -2.20. The van der Waals surface area contributed by atoms with E-state index in [0.717, 1.165) is 64.2 Å². The number of aliphatic hydroxyl groups excluding tert-OH is 2. The minimum absolute atomic E-state index is 0.0208. The molecule has 15 heteroatoms. The van der Waals surface area contributed by atoms with Crippen molar-refractivity contribution in [3.05, 3.63) is 24.3 Å². The van der Waals surface area contributed by atoms with Crippen LogP contribution in [-0.2, 0) is 42.3 Å². The average Bonchev–Trinajstić information content (AvgIpc) is 3.49. The van der Waals surface area contributed by atoms with Crippen LogP contribution in [0.15, 0.2) is 24.3 Å². The van der Waals surface area contributed by atoms with Crippen LogP contribution in [0.2, 0.25) is 0 Å². The van der Waals surface area contributed by atoms with E-state index in [1.54, 1.807) is 12.2 Å². The van der Waals surface area contributed by atoms with Gasteiger partial charge in [0.1, 0.15) is 18.4 Å². The maximum atomic E-state index is 12.8. The summed E-state index contributed by atoms with van der Waals surface area (Å²) in [6, 6.07) is -1.56. The molecule has 1 saturated carbocycles. The average molecular weight is 888 g/mol. The summed E-state index contributed by atoms with van der Waals surface area (Å²) in [7, 11) is -4.78. The van der Waals surface area contributed by atoms with Crippen molar-refractivity contribution in [2.75, 3.05) is 19.8 Å². The molecule has 0 amide bonds. The standard InChI is InChI=1S/C46H82NO13P/c1-3-5-7-8-9-10-11-12-13-14-15-16-17-18-19-20-25-29-44(51)57-34-38(35-58-61(55,56)59-36-41(47)46(53)54)60-45(52)30-26-22-21-24-28-39-40(43(50)33-42(39)49)32-31-37(48)27-23-6-4-2/h12-13,31-32,37-42,48-49H,3-11,14-30,33-36,47H2,1-2H3,(H,53,54)(H,55,56)/b13-12-,32-31+/t37-,38+,39+,40+,41-,42-/m0/s1. The molecule has 7 atom stereocenters. The van der Waals surface area contributed by atoms with Crippen LogP contribution in [0.4, 0.5) is 0 Å². The Labute approximate surface area is 366 Å². The van der Waals surface area contributed by atoms with Crippen molar-refractivity contribution in [3.8, 4) is 0 Å². The van der Waals surface area contributed by atoms with Crippen LogP contribution in [0.25, 0.3) is 0 Å². The molecule has 6 N–H and O–H groups in total. The van der Waals surface area contributed by atoms with E-state index in [1.165, 1.54) is 57.8 Å². The smallest absolute Gasteiger partial charge is 0.472 e. The molecule has 354 valence electrons. The molecule has 0 heterocycles. The number of rotatable bonds is 40. The van der Waals surface area contributed by atoms with Gasteiger partial charge in [-0.1, -0.05) is 141 Å². The minimum atomic E-state index is -4.78. The number of aliphatic hydroxyl groups is 2. The normalized spacial score (nSPS) is 19.3. The Morgan fingerprint density at radius 3 is 1.89 bits per heavy atom. The zero-order chi connectivity index (χ0) is 45.1. The summed E-state index contributed by atoms with van der Waals surface area (Å²) in [5.41, 5.74) is 5.34. The lowest BCUT2D eigenvalue weighted by Crippen LogP contribution is -2.34. The number of phosphoric acid groups is 1. The van der Waals surface area contributed by atoms with Crippen LogP contribution >= 0.6 is 7.82 Å². The van der Waals surface area contributed by atoms with E-state index < -0.39 is 75.8 Å². The quantitative estimate of drug-likeness (QED) is 0.0167. The van der Waals surface area contributed by atoms with Gasteiger partial charge < -0.3 is 35.4 Å². The number of nitrogens with two attached hydrogens (primary N) is 1. The lowest BCUT2D eigenvalue weighted by atomic mass is 9.88. The fourth-order valence-corrected chi connectivity index (χ4v) is 8.10. The first-order valence-corrected chi connectivity index (χ1v) is 25.0. The third kappa shape index (κ3) is 30.3. The Balaban J connectivity index is 2.44. The monoisotopic (exact) mass is 888 g/mol. The van der Waals surface area contributed by atoms with Gasteiger partial charge in [-0.3, -0.25) is 28.2 Å². The number of hydrogen-bond acceptors (Lipinski definition) is 12. The number of Topliss-reactive ketones (excluding diaryl/α,β-unsaturated/α-hetero) is 1. The van der Waals surface area contributed by atoms with Gasteiger partial charge in [0.05, 0.1) is 25.4 Å². The highest BCUT2D eigenvalue weighted by molar-refractivity contribution is 7.47. The second-order valence-corrected chi connectivity index (χ2v) is 18.1. The third-order valence-electron chi connectivity index (χ3n) is 11.1. The molecular weight excluding hydrogens is 805 g/mol. The molecule has 0 aromatic carbocycles. The zero-order valence-electron chi connectivity index (χ0n) is 37.5. The van der Waals surface area contributed by atoms with Crippen molar-refractivity contribution in [1.82, 2.24) is 0 Å². The molecule has 1 aliphatic rings. The van der Waals surface area contributed by atoms with Crippen molar-refractivity contribution >= 4 is 31.5 Å². The first kappa shape index (κ1) is 56.6. The van der Waals surface area contributed by atoms with E-state index >= 15 is 0 Å². The number of hydrogen-bond donors (Lipinski definition) is 5. The van der Waals surface area contributed by atoms with Gasteiger partial charge in [0.25, 0.3) is 0 Å². The highest BCUT2D eigenvalue weighted by atomic mass is 31.2. The Morgan fingerprint density at radius 2 is 1.28 bits per heavy atom. The van der Waals surface area contributed by atoms with Gasteiger partial charge in [0, 0.05) is 25.2 Å². The van der Waals surface area contributed by atoms with Gasteiger partial charge in [0.2, 0.25) is 0 Å². The van der Waals surface area contributed by atoms with E-state index in [-0.39, 0.29) is 31.0 Å². The summed E-state index contributed by atoms with van der Waals surface area (Å²) in [4.78, 5) is 58.8. The zero-order valence-corrected chi connectivity index (χ0v) is 38.4. The van der Waals surface area contributed by atoms with E-state index in [4.69, 9.17) is 24.8 Å². The van der Waals surface area contributed by atoms with Crippen LogP contribution < -0.4 is 5.73 Å². The molecule has 0 bridgehead atoms. The van der Waals surface area contributed by atoms with E-state index in [2.05, 4.69) is 30.5 Å². The summed E-state index contributed by atoms with van der Waals surface area (Å²) >= 11 is 0. The number of esters is 2. The van der Waals surface area contributed by atoms with Crippen molar-refractivity contribution in [2.24, 2.45) is 17.6 Å². The van der Waals surface area contributed by atoms with Crippen molar-refractivity contribution in [2.45, 2.75) is 212 Å². The Hall–Kier alpha value is -2.45. The minimum Gasteiger partial charge on any atom is -0.480 e. The Morgan fingerprint density at radius 1 is 0.754 bits per heavy atom. The summed E-state index contributed by atoms with van der Waals surface area (Å²) in [6.45, 7) is 2.46. The molecule has 0 saturated heterocycles. The molecule has 0 aromatic heterocycles. The number of carboxylic acid groups (broad SMARTS) is 1. The number of carbonyl (C=O) groups is 4. The fraction of sp³-hybridized carbons (Fsp3) is 0.826. The number of aliphatic carboxylic acids is 1. The van der Waals surface area contributed by atoms with Crippen LogP contribution in [-0.4, -0.2) is 88.1 Å². The fourth-order valence-electron chi connectivity index (χ4n) is 7.32. The molecule has 1 aliphatic carbocycles. The predicted molar refractivity (Wildman–Crippen MR) is 236 cm³/mol. The van der Waals surface area contributed by atoms with Gasteiger partial charge in [-0.25, -0.2) is 4.57 Å². The molecule has 1 fully saturated rings. The third-order valence-corrected chi connectivity index (χ3v) is 12.0. The van der Waals surface area contributed by atoms with E-state index in [1.807, 2.05) is 0 Å². The molecule has 1 rings (SSSR count). The Kier molecular flexibility index (Phi) is 33.3. The molecule has 0 spiro atoms. The highest BCUT2D eigenvalue weighted by Crippen LogP contribution is 2.43. The molecule has 0 radical (unpaired) electrons. The second-order valence-electron chi connectivity index (χ2n) is 16.7. The van der Waals surface area contributed by atoms with Gasteiger partial charge in [-0.15, -0.1) is 0 Å². The van der Waals surface area contributed by atoms with Crippen LogP contribution in [0, 0.1) is 11.8 Å². The first-order chi connectivity index (χ1) is 29.3. The van der Waals surface area contributed by atoms with Gasteiger partial charge in [0.15, 0.2) is 6.10 Å². The van der Waals surface area contributed by atoms with E-state index in [0.29, 0.717) is 32.1 Å². The lowest BCUT2D eigenvalue weighted by molar-refractivity contribution is -0.161. The number of unbranched alkanes of at least 4 members (excludes halogenated alkanes) is 18. The summed E-state index contributed by atoms with van der Waals surface area (Å²) in [5, 5.41) is 29.7. The first-order valence-electron chi connectivity index (χ1n) is 23.5. The number of ketones is 1. The number of ether oxygens (including phenoxy) is 2. The largest absolute Gasteiger partial charge is 0.480 e. The second kappa shape index (κ2) is 35.9. The summed E-state index contributed by atoms with van der Waals surface area (Å²) < 4.78 is 32.7. The summed E-state index contributed by atoms with van der Waals surface area (Å²) in [6.07, 6.45) is 30.0. The molecule has 0 aliphatic heterocycles. The van der Waals surface area contributed by atoms with Crippen molar-refractivity contribution in [3.63, 3.8) is 0 Å².